The van der Waals surface area contributed by atoms with Gasteiger partial charge in [-0.15, -0.1) is 0 Å². The molecule has 1 aliphatic heterocycles. The number of benzene rings is 1. The number of urea groups is 1. The van der Waals surface area contributed by atoms with Crippen LogP contribution in [-0.2, 0) is 6.54 Å². The third kappa shape index (κ3) is 6.84. The van der Waals surface area contributed by atoms with Crippen LogP contribution in [-0.4, -0.2) is 61.3 Å². The number of amides is 2. The van der Waals surface area contributed by atoms with Crippen LogP contribution in [0.4, 0.5) is 10.6 Å². The summed E-state index contributed by atoms with van der Waals surface area (Å²) in [5.74, 6) is 1.81. The molecule has 1 aliphatic carbocycles. The summed E-state index contributed by atoms with van der Waals surface area (Å²) in [5, 5.41) is 6.09. The number of ether oxygens (including phenoxy) is 1. The highest BCUT2D eigenvalue weighted by atomic mass is 16.5. The molecule has 1 aromatic carbocycles. The molecule has 1 atom stereocenters. The van der Waals surface area contributed by atoms with Crippen molar-refractivity contribution in [2.75, 3.05) is 38.2 Å². The van der Waals surface area contributed by atoms with Crippen LogP contribution in [0.15, 0.2) is 48.7 Å². The average Bonchev–Trinajstić information content (AvgIpc) is 3.54. The van der Waals surface area contributed by atoms with Gasteiger partial charge in [0.15, 0.2) is 0 Å². The molecule has 1 saturated heterocycles. The van der Waals surface area contributed by atoms with Crippen LogP contribution in [0.3, 0.4) is 0 Å². The molecule has 0 bridgehead atoms. The largest absolute Gasteiger partial charge is 0.493 e. The standard InChI is InChI=1S/C26H37N5O2/c1-30(23-10-3-4-11-23)16-8-18-33-24-12-5-2-9-21(24)19-28-26(32)29-22-14-17-31(20-22)25-13-6-7-15-27-25/h2,5-7,9,12-13,15,22-23H,3-4,8,10-11,14,16-20H2,1H3,(H2,28,29,32). The van der Waals surface area contributed by atoms with Crippen molar-refractivity contribution in [1.29, 1.82) is 0 Å². The number of carbonyl (C=O) groups is 1. The molecule has 2 aromatic rings. The van der Waals surface area contributed by atoms with Crippen LogP contribution in [0.2, 0.25) is 0 Å². The minimum Gasteiger partial charge on any atom is -0.493 e. The van der Waals surface area contributed by atoms with Crippen molar-refractivity contribution in [2.45, 2.75) is 57.2 Å². The Morgan fingerprint density at radius 3 is 2.79 bits per heavy atom. The fourth-order valence-corrected chi connectivity index (χ4v) is 4.85. The van der Waals surface area contributed by atoms with Crippen LogP contribution in [0.25, 0.3) is 0 Å². The summed E-state index contributed by atoms with van der Waals surface area (Å²) >= 11 is 0. The fourth-order valence-electron chi connectivity index (χ4n) is 4.85. The number of aromatic nitrogens is 1. The van der Waals surface area contributed by atoms with Gasteiger partial charge in [-0.3, -0.25) is 0 Å². The van der Waals surface area contributed by atoms with E-state index in [1.54, 1.807) is 6.20 Å². The Labute approximate surface area is 197 Å². The maximum atomic E-state index is 12.5. The maximum Gasteiger partial charge on any atom is 0.315 e. The summed E-state index contributed by atoms with van der Waals surface area (Å²) < 4.78 is 6.07. The summed E-state index contributed by atoms with van der Waals surface area (Å²) in [7, 11) is 2.23. The highest BCUT2D eigenvalue weighted by Crippen LogP contribution is 2.23. The molecule has 7 heteroatoms. The van der Waals surface area contributed by atoms with Gasteiger partial charge in [-0.05, 0) is 50.9 Å². The minimum absolute atomic E-state index is 0.121. The van der Waals surface area contributed by atoms with Crippen molar-refractivity contribution in [2.24, 2.45) is 0 Å². The van der Waals surface area contributed by atoms with E-state index in [4.69, 9.17) is 4.74 Å². The van der Waals surface area contributed by atoms with E-state index in [9.17, 15) is 4.79 Å². The van der Waals surface area contributed by atoms with E-state index >= 15 is 0 Å². The zero-order valence-corrected chi connectivity index (χ0v) is 19.7. The highest BCUT2D eigenvalue weighted by Gasteiger charge is 2.24. The molecule has 1 aromatic heterocycles. The number of hydrogen-bond donors (Lipinski definition) is 2. The lowest BCUT2D eigenvalue weighted by molar-refractivity contribution is 0.215. The van der Waals surface area contributed by atoms with Crippen molar-refractivity contribution in [1.82, 2.24) is 20.5 Å². The number of rotatable bonds is 10. The Morgan fingerprint density at radius 2 is 1.97 bits per heavy atom. The molecule has 2 aliphatic rings. The normalized spacial score (nSPS) is 18.6. The summed E-state index contributed by atoms with van der Waals surface area (Å²) in [5.41, 5.74) is 0.998. The third-order valence-corrected chi connectivity index (χ3v) is 6.77. The first kappa shape index (κ1) is 23.4. The van der Waals surface area contributed by atoms with Gasteiger partial charge in [0.2, 0.25) is 0 Å². The van der Waals surface area contributed by atoms with E-state index in [-0.39, 0.29) is 12.1 Å². The number of para-hydroxylation sites is 1. The van der Waals surface area contributed by atoms with E-state index in [2.05, 4.69) is 32.5 Å². The smallest absolute Gasteiger partial charge is 0.315 e. The van der Waals surface area contributed by atoms with Crippen LogP contribution >= 0.6 is 0 Å². The van der Waals surface area contributed by atoms with E-state index in [0.717, 1.165) is 55.6 Å². The Bertz CT molecular complexity index is 872. The van der Waals surface area contributed by atoms with Crippen LogP contribution in [0.1, 0.15) is 44.1 Å². The van der Waals surface area contributed by atoms with E-state index in [0.29, 0.717) is 13.2 Å². The van der Waals surface area contributed by atoms with Gasteiger partial charge in [0, 0.05) is 50.0 Å². The highest BCUT2D eigenvalue weighted by molar-refractivity contribution is 5.74. The predicted molar refractivity (Wildman–Crippen MR) is 132 cm³/mol. The van der Waals surface area contributed by atoms with E-state index in [1.165, 1.54) is 25.7 Å². The monoisotopic (exact) mass is 451 g/mol. The number of carbonyl (C=O) groups excluding carboxylic acids is 1. The molecule has 1 saturated carbocycles. The van der Waals surface area contributed by atoms with Gasteiger partial charge < -0.3 is 25.2 Å². The summed E-state index contributed by atoms with van der Waals surface area (Å²) in [6.07, 6.45) is 9.11. The van der Waals surface area contributed by atoms with Gasteiger partial charge in [-0.1, -0.05) is 37.1 Å². The van der Waals surface area contributed by atoms with Gasteiger partial charge in [0.05, 0.1) is 6.61 Å². The van der Waals surface area contributed by atoms with Gasteiger partial charge >= 0.3 is 6.03 Å². The molecule has 2 N–H and O–H groups in total. The number of anilines is 1. The molecule has 7 nitrogen and oxygen atoms in total. The molecule has 2 heterocycles. The average molecular weight is 452 g/mol. The second kappa shape index (κ2) is 11.9. The molecule has 1 unspecified atom stereocenters. The SMILES string of the molecule is CN(CCCOc1ccccc1CNC(=O)NC1CCN(c2ccccn2)C1)C1CCCC1. The lowest BCUT2D eigenvalue weighted by atomic mass is 10.2. The number of nitrogens with one attached hydrogen (secondary N) is 2. The lowest BCUT2D eigenvalue weighted by Gasteiger charge is -2.23. The Morgan fingerprint density at radius 1 is 1.15 bits per heavy atom. The zero-order valence-electron chi connectivity index (χ0n) is 19.7. The van der Waals surface area contributed by atoms with Crippen molar-refractivity contribution in [3.05, 3.63) is 54.2 Å². The lowest BCUT2D eigenvalue weighted by Crippen LogP contribution is -2.43. The minimum atomic E-state index is -0.143. The number of nitrogens with zero attached hydrogens (tertiary/aromatic N) is 3. The molecule has 178 valence electrons. The Kier molecular flexibility index (Phi) is 8.41. The second-order valence-corrected chi connectivity index (χ2v) is 9.18. The topological polar surface area (TPSA) is 69.7 Å². The quantitative estimate of drug-likeness (QED) is 0.538. The van der Waals surface area contributed by atoms with Crippen molar-refractivity contribution in [3.8, 4) is 5.75 Å². The molecule has 0 spiro atoms. The third-order valence-electron chi connectivity index (χ3n) is 6.77. The first-order valence-electron chi connectivity index (χ1n) is 12.3. The van der Waals surface area contributed by atoms with Crippen molar-refractivity contribution >= 4 is 11.8 Å². The van der Waals surface area contributed by atoms with Crippen LogP contribution in [0, 0.1) is 0 Å². The van der Waals surface area contributed by atoms with E-state index in [1.807, 2.05) is 42.5 Å². The van der Waals surface area contributed by atoms with Gasteiger partial charge in [-0.25, -0.2) is 9.78 Å². The summed E-state index contributed by atoms with van der Waals surface area (Å²) in [6.45, 7) is 3.87. The summed E-state index contributed by atoms with van der Waals surface area (Å²) in [4.78, 5) is 21.6. The Balaban J connectivity index is 1.17. The molecular formula is C26H37N5O2. The molecule has 33 heavy (non-hydrogen) atoms. The maximum absolute atomic E-state index is 12.5. The molecule has 2 amide bonds. The molecule has 4 rings (SSSR count). The van der Waals surface area contributed by atoms with Gasteiger partial charge in [-0.2, -0.15) is 0 Å². The van der Waals surface area contributed by atoms with Gasteiger partial charge in [0.25, 0.3) is 0 Å². The van der Waals surface area contributed by atoms with Crippen LogP contribution < -0.4 is 20.3 Å². The molecule has 2 fully saturated rings. The fraction of sp³-hybridized carbons (Fsp3) is 0.538. The zero-order chi connectivity index (χ0) is 22.9. The number of hydrogen-bond acceptors (Lipinski definition) is 5. The predicted octanol–water partition coefficient (Wildman–Crippen LogP) is 3.80. The van der Waals surface area contributed by atoms with Crippen molar-refractivity contribution in [3.63, 3.8) is 0 Å². The first-order valence-corrected chi connectivity index (χ1v) is 12.3. The molecular weight excluding hydrogens is 414 g/mol. The van der Waals surface area contributed by atoms with E-state index < -0.39 is 0 Å². The second-order valence-electron chi connectivity index (χ2n) is 9.18. The first-order chi connectivity index (χ1) is 16.2. The summed E-state index contributed by atoms with van der Waals surface area (Å²) in [6, 6.07) is 14.6. The van der Waals surface area contributed by atoms with Crippen LogP contribution in [0.5, 0.6) is 5.75 Å². The Hall–Kier alpha value is -2.80. The molecule has 0 radical (unpaired) electrons. The van der Waals surface area contributed by atoms with Crippen molar-refractivity contribution < 1.29 is 9.53 Å². The van der Waals surface area contributed by atoms with Gasteiger partial charge in [0.1, 0.15) is 11.6 Å². The number of pyridine rings is 1.